The van der Waals surface area contributed by atoms with Gasteiger partial charge in [0.15, 0.2) is 18.7 Å². The van der Waals surface area contributed by atoms with Crippen LogP contribution in [0.25, 0.3) is 0 Å². The Morgan fingerprint density at radius 1 is 0.920 bits per heavy atom. The smallest absolute Gasteiger partial charge is 0.312 e. The van der Waals surface area contributed by atoms with Crippen LogP contribution in [0, 0.1) is 23.7 Å². The number of ketones is 1. The van der Waals surface area contributed by atoms with Crippen molar-refractivity contribution in [1.82, 2.24) is 5.32 Å². The molecule has 0 unspecified atom stereocenters. The molecule has 0 aromatic heterocycles. The number of hydrogen-bond donors (Lipinski definition) is 6. The molecule has 3 fully saturated rings. The van der Waals surface area contributed by atoms with Crippen molar-refractivity contribution < 1.29 is 63.5 Å². The first-order valence-corrected chi connectivity index (χ1v) is 17.8. The highest BCUT2D eigenvalue weighted by Crippen LogP contribution is 2.40. The summed E-state index contributed by atoms with van der Waals surface area (Å²) in [7, 11) is 3.19. The van der Waals surface area contributed by atoms with Crippen LogP contribution in [0.15, 0.2) is 12.7 Å². The van der Waals surface area contributed by atoms with Gasteiger partial charge in [0.2, 0.25) is 0 Å². The Morgan fingerprint density at radius 2 is 1.54 bits per heavy atom. The number of carbonyl (C=O) groups excluding carboxylic acids is 2. The molecule has 6 N–H and O–H groups in total. The lowest BCUT2D eigenvalue weighted by molar-refractivity contribution is -0.315. The molecule has 50 heavy (non-hydrogen) atoms. The molecule has 0 aromatic rings. The van der Waals surface area contributed by atoms with E-state index in [4.69, 9.17) is 28.4 Å². The van der Waals surface area contributed by atoms with Crippen LogP contribution in [-0.4, -0.2) is 136 Å². The summed E-state index contributed by atoms with van der Waals surface area (Å²) in [5, 5.41) is 60.2. The fourth-order valence-corrected chi connectivity index (χ4v) is 7.96. The number of aliphatic hydroxyl groups is 5. The molecule has 0 saturated carbocycles. The number of carbonyl (C=O) groups is 2. The minimum Gasteiger partial charge on any atom is -0.455 e. The van der Waals surface area contributed by atoms with Crippen LogP contribution in [-0.2, 0) is 38.0 Å². The second-order valence-electron chi connectivity index (χ2n) is 15.6. The van der Waals surface area contributed by atoms with E-state index in [2.05, 4.69) is 11.9 Å². The monoisotopic (exact) mass is 717 g/mol. The zero-order valence-corrected chi connectivity index (χ0v) is 31.6. The number of cyclic esters (lactones) is 1. The largest absolute Gasteiger partial charge is 0.455 e. The molecule has 0 amide bonds. The van der Waals surface area contributed by atoms with E-state index >= 15 is 0 Å². The molecule has 3 saturated heterocycles. The fourth-order valence-electron chi connectivity index (χ4n) is 7.96. The van der Waals surface area contributed by atoms with E-state index < -0.39 is 108 Å². The molecule has 0 aromatic carbocycles. The van der Waals surface area contributed by atoms with E-state index in [9.17, 15) is 35.1 Å². The summed E-state index contributed by atoms with van der Waals surface area (Å²) in [4.78, 5) is 27.7. The lowest BCUT2D eigenvalue weighted by Gasteiger charge is -2.48. The van der Waals surface area contributed by atoms with Crippen molar-refractivity contribution in [1.29, 1.82) is 0 Å². The molecular formula is C36H63NO13. The molecule has 0 radical (unpaired) electrons. The van der Waals surface area contributed by atoms with Gasteiger partial charge in [-0.25, -0.2) is 0 Å². The summed E-state index contributed by atoms with van der Waals surface area (Å²) >= 11 is 0. The molecular weight excluding hydrogens is 654 g/mol. The third kappa shape index (κ3) is 8.96. The number of nitrogens with one attached hydrogen (secondary N) is 1. The van der Waals surface area contributed by atoms with Gasteiger partial charge in [0.05, 0.1) is 47.6 Å². The Morgan fingerprint density at radius 3 is 2.10 bits per heavy atom. The summed E-state index contributed by atoms with van der Waals surface area (Å²) in [6, 6.07) is -0.384. The maximum atomic E-state index is 14.0. The Hall–Kier alpha value is -1.56. The van der Waals surface area contributed by atoms with E-state index in [1.165, 1.54) is 34.0 Å². The van der Waals surface area contributed by atoms with E-state index in [1.54, 1.807) is 41.7 Å². The minimum atomic E-state index is -2.11. The van der Waals surface area contributed by atoms with Crippen molar-refractivity contribution in [3.05, 3.63) is 12.7 Å². The Bertz CT molecular complexity index is 1170. The average molecular weight is 718 g/mol. The molecule has 3 heterocycles. The first-order chi connectivity index (χ1) is 23.1. The third-order valence-corrected chi connectivity index (χ3v) is 11.3. The molecule has 3 rings (SSSR count). The molecule has 14 nitrogen and oxygen atoms in total. The molecule has 0 bridgehead atoms. The Kier molecular flexibility index (Phi) is 14.3. The van der Waals surface area contributed by atoms with E-state index in [0.29, 0.717) is 6.42 Å². The fraction of sp³-hybridized carbons (Fsp3) is 0.889. The number of methoxy groups -OCH3 is 1. The summed E-state index contributed by atoms with van der Waals surface area (Å²) in [6.07, 6.45) is -9.18. The summed E-state index contributed by atoms with van der Waals surface area (Å²) < 4.78 is 36.7. The van der Waals surface area contributed by atoms with Gasteiger partial charge in [-0.3, -0.25) is 9.59 Å². The number of aliphatic hydroxyl groups excluding tert-OH is 3. The van der Waals surface area contributed by atoms with Crippen LogP contribution in [0.1, 0.15) is 81.6 Å². The summed E-state index contributed by atoms with van der Waals surface area (Å²) in [6.45, 7) is 18.1. The lowest BCUT2D eigenvalue weighted by Crippen LogP contribution is -2.61. The van der Waals surface area contributed by atoms with Crippen LogP contribution in [0.5, 0.6) is 0 Å². The SMILES string of the molecule is C=C[C@H]1OC(=O)[C@H](C)[C@@H](O[C@H]2C[C@@](C)(OC)[C@@H](O)[C@H](C)O2)[C@H](C)[C@@H](O[C@@H]2O[C@H](C)C[C@H](NC)[C@H]2O)[C@](C)(O)C[C@@H](C)C(=O)[C@H](C)[C@@H](O)[C@]1(C)O. The zero-order valence-electron chi connectivity index (χ0n) is 31.6. The van der Waals surface area contributed by atoms with Crippen molar-refractivity contribution in [2.45, 2.75) is 166 Å². The second-order valence-corrected chi connectivity index (χ2v) is 15.6. The first kappa shape index (κ1) is 42.8. The van der Waals surface area contributed by atoms with Crippen molar-refractivity contribution in [3.8, 4) is 0 Å². The van der Waals surface area contributed by atoms with Gasteiger partial charge in [-0.15, -0.1) is 0 Å². The normalized spacial score (nSPS) is 50.3. The average Bonchev–Trinajstić information content (AvgIpc) is 3.05. The molecule has 0 aliphatic carbocycles. The molecule has 290 valence electrons. The van der Waals surface area contributed by atoms with Crippen LogP contribution in [0.4, 0.5) is 0 Å². The topological polar surface area (TPSA) is 203 Å². The standard InChI is InChI=1S/C36H63NO13/c1-13-24-36(10,44)29(40)19(4)26(38)17(2)15-34(8,43)31(50-33-27(39)23(37-11)14-18(3)46-33)20(5)28(21(6)32(42)48-24)49-25-16-35(9,45-12)30(41)22(7)47-25/h13,17-25,27-31,33,37,39-41,43-44H,1,14-16H2,2-12H3/t17-,18-,19+,20+,21-,22+,23+,24-,25+,27-,28+,29-,30+,31-,33+,34-,35-,36-/m1/s1. The third-order valence-electron chi connectivity index (χ3n) is 11.3. The lowest BCUT2D eigenvalue weighted by atomic mass is 9.74. The predicted octanol–water partition coefficient (Wildman–Crippen LogP) is 1.22. The van der Waals surface area contributed by atoms with Gasteiger partial charge in [0, 0.05) is 37.3 Å². The van der Waals surface area contributed by atoms with Gasteiger partial charge in [0.25, 0.3) is 0 Å². The molecule has 3 aliphatic heterocycles. The molecule has 18 atom stereocenters. The second kappa shape index (κ2) is 16.6. The summed E-state index contributed by atoms with van der Waals surface area (Å²) in [5.41, 5.74) is -4.98. The van der Waals surface area contributed by atoms with Gasteiger partial charge >= 0.3 is 5.97 Å². The quantitative estimate of drug-likeness (QED) is 0.162. The molecule has 0 spiro atoms. The van der Waals surface area contributed by atoms with Gasteiger partial charge in [-0.05, 0) is 67.5 Å². The highest BCUT2D eigenvalue weighted by molar-refractivity contribution is 5.83. The molecule has 14 heteroatoms. The van der Waals surface area contributed by atoms with Crippen LogP contribution < -0.4 is 5.32 Å². The van der Waals surface area contributed by atoms with Crippen molar-refractivity contribution in [2.75, 3.05) is 14.2 Å². The van der Waals surface area contributed by atoms with Gasteiger partial charge in [0.1, 0.15) is 23.6 Å². The maximum Gasteiger partial charge on any atom is 0.312 e. The summed E-state index contributed by atoms with van der Waals surface area (Å²) in [5.74, 6) is -5.23. The van der Waals surface area contributed by atoms with Crippen molar-refractivity contribution >= 4 is 11.8 Å². The zero-order chi connectivity index (χ0) is 38.1. The highest BCUT2D eigenvalue weighted by Gasteiger charge is 2.53. The van der Waals surface area contributed by atoms with Gasteiger partial charge in [-0.1, -0.05) is 27.4 Å². The Balaban J connectivity index is 2.18. The van der Waals surface area contributed by atoms with E-state index in [-0.39, 0.29) is 25.0 Å². The van der Waals surface area contributed by atoms with Gasteiger partial charge < -0.3 is 59.3 Å². The van der Waals surface area contributed by atoms with Crippen molar-refractivity contribution in [2.24, 2.45) is 23.7 Å². The number of likely N-dealkylation sites (N-methyl/N-ethyl adjacent to an activating group) is 1. The first-order valence-electron chi connectivity index (χ1n) is 17.8. The number of rotatable bonds is 7. The van der Waals surface area contributed by atoms with Crippen molar-refractivity contribution in [3.63, 3.8) is 0 Å². The molecule has 3 aliphatic rings. The van der Waals surface area contributed by atoms with E-state index in [0.717, 1.165) is 0 Å². The van der Waals surface area contributed by atoms with Crippen LogP contribution in [0.2, 0.25) is 0 Å². The number of hydrogen-bond acceptors (Lipinski definition) is 14. The highest BCUT2D eigenvalue weighted by atomic mass is 16.7. The van der Waals surface area contributed by atoms with E-state index in [1.807, 2.05) is 6.92 Å². The van der Waals surface area contributed by atoms with Crippen LogP contribution >= 0.6 is 0 Å². The minimum absolute atomic E-state index is 0.0767. The maximum absolute atomic E-state index is 14.0. The Labute approximate surface area is 296 Å². The van der Waals surface area contributed by atoms with Gasteiger partial charge in [-0.2, -0.15) is 0 Å². The predicted molar refractivity (Wildman–Crippen MR) is 182 cm³/mol. The van der Waals surface area contributed by atoms with Crippen LogP contribution in [0.3, 0.4) is 0 Å². The number of Topliss-reactive ketones (excluding diaryl/α,β-unsaturated/α-hetero) is 1. The number of esters is 1. The number of ether oxygens (including phenoxy) is 6.